The number of rotatable bonds is 4. The van der Waals surface area contributed by atoms with E-state index < -0.39 is 0 Å². The fourth-order valence-electron chi connectivity index (χ4n) is 4.59. The molecule has 1 N–H and O–H groups in total. The minimum atomic E-state index is -0.0267. The lowest BCUT2D eigenvalue weighted by Crippen LogP contribution is -2.36. The van der Waals surface area contributed by atoms with Gasteiger partial charge in [0.1, 0.15) is 5.82 Å². The number of pyridine rings is 2. The maximum atomic E-state index is 13.3. The molecule has 3 heterocycles. The summed E-state index contributed by atoms with van der Waals surface area (Å²) >= 11 is 0. The van der Waals surface area contributed by atoms with Crippen LogP contribution in [0.25, 0.3) is 10.9 Å². The second kappa shape index (κ2) is 8.63. The molecule has 6 heteroatoms. The molecular weight excluding hydrogens is 388 g/mol. The molecule has 1 aliphatic carbocycles. The van der Waals surface area contributed by atoms with Gasteiger partial charge < -0.3 is 15.0 Å². The minimum Gasteiger partial charge on any atom is -0.378 e. The number of nitrogens with zero attached hydrogens (tertiary/aromatic N) is 3. The molecule has 1 amide bonds. The number of nitrogens with one attached hydrogen (secondary N) is 1. The lowest BCUT2D eigenvalue weighted by molar-refractivity contribution is 0.0951. The van der Waals surface area contributed by atoms with Gasteiger partial charge in [0.2, 0.25) is 0 Å². The van der Waals surface area contributed by atoms with Crippen LogP contribution in [0.3, 0.4) is 0 Å². The molecule has 1 aliphatic heterocycles. The van der Waals surface area contributed by atoms with E-state index in [2.05, 4.69) is 22.1 Å². The topological polar surface area (TPSA) is 67.4 Å². The normalized spacial score (nSPS) is 18.6. The zero-order valence-electron chi connectivity index (χ0n) is 17.9. The molecule has 0 bridgehead atoms. The van der Waals surface area contributed by atoms with Crippen molar-refractivity contribution in [2.75, 3.05) is 31.2 Å². The predicted octanol–water partition coefficient (Wildman–Crippen LogP) is 3.52. The van der Waals surface area contributed by atoms with Gasteiger partial charge in [-0.3, -0.25) is 9.78 Å². The SMILES string of the molecule is C[C@H]1CCc2nc3ccccc3c(C(=O)NCc3ccc(N4CCOCC4)nc3)c2C1. The maximum absolute atomic E-state index is 13.3. The third kappa shape index (κ3) is 4.12. The Morgan fingerprint density at radius 2 is 2.03 bits per heavy atom. The smallest absolute Gasteiger partial charge is 0.252 e. The second-order valence-electron chi connectivity index (χ2n) is 8.58. The fraction of sp³-hybridized carbons (Fsp3) is 0.400. The highest BCUT2D eigenvalue weighted by atomic mass is 16.5. The van der Waals surface area contributed by atoms with Crippen molar-refractivity contribution in [3.05, 3.63) is 65.0 Å². The van der Waals surface area contributed by atoms with Crippen LogP contribution >= 0.6 is 0 Å². The number of carbonyl (C=O) groups is 1. The summed E-state index contributed by atoms with van der Waals surface area (Å²) in [4.78, 5) is 25.0. The van der Waals surface area contributed by atoms with Crippen molar-refractivity contribution in [2.24, 2.45) is 5.92 Å². The molecule has 160 valence electrons. The lowest BCUT2D eigenvalue weighted by atomic mass is 9.84. The summed E-state index contributed by atoms with van der Waals surface area (Å²) in [5.74, 6) is 1.50. The Kier molecular flexibility index (Phi) is 5.55. The van der Waals surface area contributed by atoms with E-state index in [1.165, 1.54) is 0 Å². The van der Waals surface area contributed by atoms with Crippen molar-refractivity contribution in [1.29, 1.82) is 0 Å². The van der Waals surface area contributed by atoms with Crippen LogP contribution in [-0.2, 0) is 24.1 Å². The van der Waals surface area contributed by atoms with E-state index in [1.807, 2.05) is 42.6 Å². The average molecular weight is 417 g/mol. The van der Waals surface area contributed by atoms with E-state index >= 15 is 0 Å². The van der Waals surface area contributed by atoms with Gasteiger partial charge in [-0.2, -0.15) is 0 Å². The number of aromatic nitrogens is 2. The largest absolute Gasteiger partial charge is 0.378 e. The fourth-order valence-corrected chi connectivity index (χ4v) is 4.59. The molecule has 6 nitrogen and oxygen atoms in total. The van der Waals surface area contributed by atoms with E-state index in [-0.39, 0.29) is 5.91 Å². The van der Waals surface area contributed by atoms with E-state index in [0.717, 1.165) is 84.7 Å². The molecule has 31 heavy (non-hydrogen) atoms. The maximum Gasteiger partial charge on any atom is 0.252 e. The van der Waals surface area contributed by atoms with Crippen LogP contribution in [0.4, 0.5) is 5.82 Å². The molecule has 2 aromatic heterocycles. The van der Waals surface area contributed by atoms with Crippen LogP contribution in [0.15, 0.2) is 42.6 Å². The van der Waals surface area contributed by atoms with Crippen LogP contribution < -0.4 is 10.2 Å². The van der Waals surface area contributed by atoms with Gasteiger partial charge in [-0.1, -0.05) is 31.2 Å². The Balaban J connectivity index is 1.36. The van der Waals surface area contributed by atoms with Gasteiger partial charge in [-0.05, 0) is 48.4 Å². The zero-order valence-corrected chi connectivity index (χ0v) is 17.9. The quantitative estimate of drug-likeness (QED) is 0.705. The third-order valence-electron chi connectivity index (χ3n) is 6.33. The average Bonchev–Trinajstić information content (AvgIpc) is 2.82. The van der Waals surface area contributed by atoms with E-state index in [1.54, 1.807) is 0 Å². The van der Waals surface area contributed by atoms with Gasteiger partial charge in [0, 0.05) is 36.9 Å². The number of anilines is 1. The third-order valence-corrected chi connectivity index (χ3v) is 6.33. The van der Waals surface area contributed by atoms with Gasteiger partial charge >= 0.3 is 0 Å². The molecule has 1 saturated heterocycles. The minimum absolute atomic E-state index is 0.0267. The van der Waals surface area contributed by atoms with Gasteiger partial charge in [-0.15, -0.1) is 0 Å². The van der Waals surface area contributed by atoms with Crippen molar-refractivity contribution in [1.82, 2.24) is 15.3 Å². The number of carbonyl (C=O) groups excluding carboxylic acids is 1. The Bertz CT molecular complexity index is 1090. The summed E-state index contributed by atoms with van der Waals surface area (Å²) in [6.45, 7) is 5.91. The second-order valence-corrected chi connectivity index (χ2v) is 8.58. The molecule has 5 rings (SSSR count). The highest BCUT2D eigenvalue weighted by Gasteiger charge is 2.25. The van der Waals surface area contributed by atoms with Crippen molar-refractivity contribution in [3.63, 3.8) is 0 Å². The first-order valence-corrected chi connectivity index (χ1v) is 11.2. The standard InChI is InChI=1S/C25H28N4O2/c1-17-6-8-22-20(14-17)24(19-4-2-3-5-21(19)28-22)25(30)27-16-18-7-9-23(26-15-18)29-10-12-31-13-11-29/h2-5,7,9,15,17H,6,8,10-14,16H2,1H3,(H,27,30)/t17-/m0/s1. The highest BCUT2D eigenvalue weighted by Crippen LogP contribution is 2.31. The van der Waals surface area contributed by atoms with Gasteiger partial charge in [-0.25, -0.2) is 4.98 Å². The van der Waals surface area contributed by atoms with Crippen molar-refractivity contribution in [3.8, 4) is 0 Å². The molecular formula is C25H28N4O2. The van der Waals surface area contributed by atoms with Crippen LogP contribution in [0.1, 0.15) is 40.5 Å². The molecule has 1 atom stereocenters. The van der Waals surface area contributed by atoms with Crippen molar-refractivity contribution >= 4 is 22.6 Å². The molecule has 0 saturated carbocycles. The first-order chi connectivity index (χ1) is 15.2. The number of morpholine rings is 1. The summed E-state index contributed by atoms with van der Waals surface area (Å²) in [5, 5.41) is 4.07. The summed E-state index contributed by atoms with van der Waals surface area (Å²) in [6.07, 6.45) is 4.83. The monoisotopic (exact) mass is 416 g/mol. The molecule has 3 aromatic rings. The predicted molar refractivity (Wildman–Crippen MR) is 121 cm³/mol. The Morgan fingerprint density at radius 1 is 1.19 bits per heavy atom. The van der Waals surface area contributed by atoms with Crippen LogP contribution in [-0.4, -0.2) is 42.2 Å². The van der Waals surface area contributed by atoms with E-state index in [9.17, 15) is 4.79 Å². The summed E-state index contributed by atoms with van der Waals surface area (Å²) in [6, 6.07) is 12.0. The van der Waals surface area contributed by atoms with Crippen LogP contribution in [0, 0.1) is 5.92 Å². The van der Waals surface area contributed by atoms with Crippen LogP contribution in [0.5, 0.6) is 0 Å². The van der Waals surface area contributed by atoms with Crippen molar-refractivity contribution < 1.29 is 9.53 Å². The van der Waals surface area contributed by atoms with Gasteiger partial charge in [0.25, 0.3) is 5.91 Å². The number of hydrogen-bond donors (Lipinski definition) is 1. The van der Waals surface area contributed by atoms with E-state index in [4.69, 9.17) is 9.72 Å². The zero-order chi connectivity index (χ0) is 21.2. The van der Waals surface area contributed by atoms with Crippen molar-refractivity contribution in [2.45, 2.75) is 32.7 Å². The Morgan fingerprint density at radius 3 is 2.84 bits per heavy atom. The first-order valence-electron chi connectivity index (χ1n) is 11.2. The number of fused-ring (bicyclic) bond motifs is 2. The summed E-state index contributed by atoms with van der Waals surface area (Å²) in [7, 11) is 0. The number of aryl methyl sites for hydroxylation is 1. The number of amides is 1. The van der Waals surface area contributed by atoms with Gasteiger partial charge in [0.15, 0.2) is 0 Å². The number of para-hydroxylation sites is 1. The van der Waals surface area contributed by atoms with Gasteiger partial charge in [0.05, 0.1) is 24.3 Å². The molecule has 0 spiro atoms. The first kappa shape index (κ1) is 19.9. The molecule has 1 aromatic carbocycles. The lowest BCUT2D eigenvalue weighted by Gasteiger charge is -2.27. The number of ether oxygens (including phenoxy) is 1. The molecule has 2 aliphatic rings. The number of benzene rings is 1. The summed E-state index contributed by atoms with van der Waals surface area (Å²) < 4.78 is 5.41. The van der Waals surface area contributed by atoms with Crippen LogP contribution in [0.2, 0.25) is 0 Å². The molecule has 0 unspecified atom stereocenters. The molecule has 0 radical (unpaired) electrons. The number of hydrogen-bond acceptors (Lipinski definition) is 5. The molecule has 1 fully saturated rings. The Labute approximate surface area is 182 Å². The summed E-state index contributed by atoms with van der Waals surface area (Å²) in [5.41, 5.74) is 4.89. The van der Waals surface area contributed by atoms with E-state index in [0.29, 0.717) is 12.5 Å². The Hall–Kier alpha value is -2.99. The highest BCUT2D eigenvalue weighted by molar-refractivity contribution is 6.07.